The van der Waals surface area contributed by atoms with E-state index in [1.165, 1.54) is 15.0 Å². The number of nitrogens with zero attached hydrogens (tertiary/aromatic N) is 3. The molecule has 158 valence electrons. The zero-order chi connectivity index (χ0) is 22.4. The first kappa shape index (κ1) is 19.6. The van der Waals surface area contributed by atoms with Gasteiger partial charge in [0.2, 0.25) is 0 Å². The zero-order valence-corrected chi connectivity index (χ0v) is 19.0. The monoisotopic (exact) mass is 443 g/mol. The highest BCUT2D eigenvalue weighted by atomic mass is 32.1. The summed E-state index contributed by atoms with van der Waals surface area (Å²) in [6.07, 6.45) is 7.96. The molecule has 0 saturated heterocycles. The van der Waals surface area contributed by atoms with E-state index in [-0.39, 0.29) is 0 Å². The van der Waals surface area contributed by atoms with Crippen molar-refractivity contribution in [2.75, 3.05) is 0 Å². The van der Waals surface area contributed by atoms with E-state index >= 15 is 0 Å². The number of allylic oxidation sites excluding steroid dienone is 1. The van der Waals surface area contributed by atoms with Gasteiger partial charge in [-0.1, -0.05) is 61.2 Å². The molecule has 0 spiro atoms. The predicted octanol–water partition coefficient (Wildman–Crippen LogP) is 8.13. The van der Waals surface area contributed by atoms with E-state index in [0.29, 0.717) is 0 Å². The standard InChI is InChI=1S/C29H21N3S/c1-3-11-26-19(4-2)28-27(33-26)18-22-20-12-5-7-15-24(20)32(29(22)31-28)25-16-8-6-13-21(25)23-14-9-10-17-30-23/h3-18H,2H2,1H3/b11-3-. The third kappa shape index (κ3) is 3.03. The normalized spacial score (nSPS) is 11.8. The quantitative estimate of drug-likeness (QED) is 0.275. The van der Waals surface area contributed by atoms with Crippen molar-refractivity contribution >= 4 is 55.6 Å². The maximum absolute atomic E-state index is 5.25. The lowest BCUT2D eigenvalue weighted by Crippen LogP contribution is -1.99. The summed E-state index contributed by atoms with van der Waals surface area (Å²) in [7, 11) is 0. The Kier molecular flexibility index (Phi) is 4.67. The molecule has 0 bridgehead atoms. The van der Waals surface area contributed by atoms with Crippen LogP contribution in [-0.4, -0.2) is 14.5 Å². The Hall–Kier alpha value is -4.02. The molecule has 3 nitrogen and oxygen atoms in total. The molecule has 0 aliphatic carbocycles. The molecule has 0 aliphatic rings. The molecule has 6 rings (SSSR count). The molecule has 4 heterocycles. The number of thiophene rings is 1. The Balaban J connectivity index is 1.76. The summed E-state index contributed by atoms with van der Waals surface area (Å²) >= 11 is 1.76. The summed E-state index contributed by atoms with van der Waals surface area (Å²) in [6, 6.07) is 25.2. The van der Waals surface area contributed by atoms with Crippen molar-refractivity contribution in [3.63, 3.8) is 0 Å². The van der Waals surface area contributed by atoms with Gasteiger partial charge in [0.15, 0.2) is 0 Å². The van der Waals surface area contributed by atoms with Crippen LogP contribution >= 0.6 is 11.3 Å². The van der Waals surface area contributed by atoms with Gasteiger partial charge in [-0.15, -0.1) is 11.3 Å². The van der Waals surface area contributed by atoms with Crippen LogP contribution in [0.5, 0.6) is 0 Å². The average molecular weight is 444 g/mol. The number of fused-ring (bicyclic) bond motifs is 4. The third-order valence-corrected chi connectivity index (χ3v) is 7.07. The molecule has 0 aliphatic heterocycles. The van der Waals surface area contributed by atoms with Gasteiger partial charge in [-0.25, -0.2) is 4.98 Å². The van der Waals surface area contributed by atoms with Crippen LogP contribution in [0.15, 0.2) is 91.6 Å². The number of benzene rings is 2. The molecule has 0 radical (unpaired) electrons. The third-order valence-electron chi connectivity index (χ3n) is 5.96. The highest BCUT2D eigenvalue weighted by Crippen LogP contribution is 2.39. The summed E-state index contributed by atoms with van der Waals surface area (Å²) in [5.41, 5.74) is 7.25. The zero-order valence-electron chi connectivity index (χ0n) is 18.2. The van der Waals surface area contributed by atoms with Gasteiger partial charge >= 0.3 is 0 Å². The van der Waals surface area contributed by atoms with E-state index < -0.39 is 0 Å². The van der Waals surface area contributed by atoms with Crippen LogP contribution in [-0.2, 0) is 0 Å². The van der Waals surface area contributed by atoms with Crippen LogP contribution in [0.1, 0.15) is 17.4 Å². The minimum Gasteiger partial charge on any atom is -0.293 e. The number of para-hydroxylation sites is 2. The molecule has 2 aromatic carbocycles. The lowest BCUT2D eigenvalue weighted by atomic mass is 10.1. The van der Waals surface area contributed by atoms with E-state index in [0.717, 1.165) is 44.6 Å². The van der Waals surface area contributed by atoms with Crippen LogP contribution in [0.3, 0.4) is 0 Å². The maximum Gasteiger partial charge on any atom is 0.146 e. The van der Waals surface area contributed by atoms with Crippen molar-refractivity contribution in [2.24, 2.45) is 0 Å². The second-order valence-electron chi connectivity index (χ2n) is 7.88. The van der Waals surface area contributed by atoms with Gasteiger partial charge in [-0.05, 0) is 43.3 Å². The first-order valence-electron chi connectivity index (χ1n) is 10.9. The number of hydrogen-bond donors (Lipinski definition) is 0. The Morgan fingerprint density at radius 3 is 2.58 bits per heavy atom. The van der Waals surface area contributed by atoms with E-state index in [2.05, 4.69) is 88.9 Å². The number of pyridine rings is 2. The summed E-state index contributed by atoms with van der Waals surface area (Å²) < 4.78 is 3.44. The van der Waals surface area contributed by atoms with E-state index in [1.54, 1.807) is 11.3 Å². The molecule has 4 aromatic heterocycles. The smallest absolute Gasteiger partial charge is 0.146 e. The van der Waals surface area contributed by atoms with Crippen molar-refractivity contribution in [2.45, 2.75) is 6.92 Å². The number of rotatable bonds is 4. The van der Waals surface area contributed by atoms with Gasteiger partial charge in [0.1, 0.15) is 5.65 Å². The summed E-state index contributed by atoms with van der Waals surface area (Å²) in [6.45, 7) is 6.11. The van der Waals surface area contributed by atoms with Crippen molar-refractivity contribution < 1.29 is 0 Å². The molecule has 0 atom stereocenters. The lowest BCUT2D eigenvalue weighted by molar-refractivity contribution is 1.14. The maximum atomic E-state index is 5.25. The van der Waals surface area contributed by atoms with Gasteiger partial charge in [0.05, 0.1) is 27.1 Å². The highest BCUT2D eigenvalue weighted by Gasteiger charge is 2.19. The second kappa shape index (κ2) is 7.84. The Bertz CT molecular complexity index is 1690. The molecule has 0 saturated carbocycles. The van der Waals surface area contributed by atoms with Gasteiger partial charge in [-0.2, -0.15) is 0 Å². The van der Waals surface area contributed by atoms with Crippen LogP contribution in [0.2, 0.25) is 0 Å². The molecule has 0 fully saturated rings. The van der Waals surface area contributed by atoms with Crippen molar-refractivity contribution in [1.29, 1.82) is 0 Å². The van der Waals surface area contributed by atoms with Crippen molar-refractivity contribution in [3.05, 3.63) is 102 Å². The van der Waals surface area contributed by atoms with Crippen molar-refractivity contribution in [3.8, 4) is 16.9 Å². The molecule has 0 amide bonds. The first-order chi connectivity index (χ1) is 16.3. The molecule has 4 heteroatoms. The molecule has 0 N–H and O–H groups in total. The van der Waals surface area contributed by atoms with Gasteiger partial charge in [0.25, 0.3) is 0 Å². The van der Waals surface area contributed by atoms with E-state index in [4.69, 9.17) is 4.98 Å². The van der Waals surface area contributed by atoms with Gasteiger partial charge < -0.3 is 0 Å². The van der Waals surface area contributed by atoms with E-state index in [9.17, 15) is 0 Å². The topological polar surface area (TPSA) is 30.7 Å². The summed E-state index contributed by atoms with van der Waals surface area (Å²) in [5, 5.41) is 2.34. The Morgan fingerprint density at radius 1 is 0.939 bits per heavy atom. The fourth-order valence-corrected chi connectivity index (χ4v) is 5.71. The van der Waals surface area contributed by atoms with Crippen LogP contribution in [0, 0.1) is 0 Å². The molecule has 6 aromatic rings. The minimum absolute atomic E-state index is 0.942. The van der Waals surface area contributed by atoms with Crippen LogP contribution in [0.4, 0.5) is 0 Å². The largest absolute Gasteiger partial charge is 0.293 e. The number of aromatic nitrogens is 3. The van der Waals surface area contributed by atoms with Gasteiger partial charge in [-0.3, -0.25) is 9.55 Å². The van der Waals surface area contributed by atoms with E-state index in [1.807, 2.05) is 31.3 Å². The average Bonchev–Trinajstić information content (AvgIpc) is 3.37. The van der Waals surface area contributed by atoms with Crippen LogP contribution < -0.4 is 0 Å². The molecule has 33 heavy (non-hydrogen) atoms. The Labute approximate surface area is 196 Å². The SMILES string of the molecule is C=Cc1c(/C=C\C)sc2cc3c4ccccc4n(-c4ccccc4-c4ccccn4)c3nc12. The predicted molar refractivity (Wildman–Crippen MR) is 142 cm³/mol. The van der Waals surface area contributed by atoms with Crippen LogP contribution in [0.25, 0.3) is 61.2 Å². The fraction of sp³-hybridized carbons (Fsp3) is 0.0345. The molecule has 0 unspecified atom stereocenters. The molecular formula is C29H21N3S. The highest BCUT2D eigenvalue weighted by molar-refractivity contribution is 7.20. The summed E-state index contributed by atoms with van der Waals surface area (Å²) in [5.74, 6) is 0. The lowest BCUT2D eigenvalue weighted by Gasteiger charge is -2.12. The Morgan fingerprint density at radius 2 is 1.76 bits per heavy atom. The number of hydrogen-bond acceptors (Lipinski definition) is 3. The minimum atomic E-state index is 0.942. The second-order valence-corrected chi connectivity index (χ2v) is 8.96. The van der Waals surface area contributed by atoms with Gasteiger partial charge in [0, 0.05) is 33.0 Å². The van der Waals surface area contributed by atoms with Crippen molar-refractivity contribution in [1.82, 2.24) is 14.5 Å². The fourth-order valence-electron chi connectivity index (χ4n) is 4.55. The first-order valence-corrected chi connectivity index (χ1v) is 11.7. The molecular weight excluding hydrogens is 422 g/mol. The summed E-state index contributed by atoms with van der Waals surface area (Å²) in [4.78, 5) is 11.1.